The van der Waals surface area contributed by atoms with Crippen LogP contribution in [0.3, 0.4) is 0 Å². The van der Waals surface area contributed by atoms with Gasteiger partial charge in [0.25, 0.3) is 0 Å². The molecule has 1 nitrogen and oxygen atoms in total. The maximum Gasteiger partial charge on any atom is 0.118 e. The summed E-state index contributed by atoms with van der Waals surface area (Å²) in [7, 11) is 1.69. The molecular formula is C23H26O. The van der Waals surface area contributed by atoms with Crippen LogP contribution in [0.2, 0.25) is 0 Å². The standard InChI is InChI=1S/C23H26O/c1-3-18-6-12-21(13-7-18)22-14-8-19(9-15-22)4-5-20-10-16-23(24-2)17-11-20/h6-7,10-13,16-17,19,22H,3,8-9,14-15H2,1-2H3/t19-,22-. The monoisotopic (exact) mass is 318 g/mol. The predicted molar refractivity (Wildman–Crippen MR) is 100 cm³/mol. The highest BCUT2D eigenvalue weighted by atomic mass is 16.5. The minimum Gasteiger partial charge on any atom is -0.497 e. The van der Waals surface area contributed by atoms with Gasteiger partial charge in [0.2, 0.25) is 0 Å². The number of methoxy groups -OCH3 is 1. The Morgan fingerprint density at radius 1 is 0.917 bits per heavy atom. The molecule has 1 aliphatic carbocycles. The van der Waals surface area contributed by atoms with Gasteiger partial charge >= 0.3 is 0 Å². The summed E-state index contributed by atoms with van der Waals surface area (Å²) >= 11 is 0. The van der Waals surface area contributed by atoms with Crippen molar-refractivity contribution in [2.24, 2.45) is 5.92 Å². The van der Waals surface area contributed by atoms with Gasteiger partial charge in [-0.1, -0.05) is 43.0 Å². The molecule has 1 saturated carbocycles. The van der Waals surface area contributed by atoms with E-state index in [9.17, 15) is 0 Å². The van der Waals surface area contributed by atoms with E-state index in [4.69, 9.17) is 4.74 Å². The van der Waals surface area contributed by atoms with E-state index in [1.54, 1.807) is 7.11 Å². The van der Waals surface area contributed by atoms with Crippen LogP contribution in [0.4, 0.5) is 0 Å². The molecule has 2 aromatic carbocycles. The Balaban J connectivity index is 1.55. The summed E-state index contributed by atoms with van der Waals surface area (Å²) in [4.78, 5) is 0. The summed E-state index contributed by atoms with van der Waals surface area (Å²) in [6.45, 7) is 2.21. The van der Waals surface area contributed by atoms with E-state index in [-0.39, 0.29) is 0 Å². The van der Waals surface area contributed by atoms with Crippen LogP contribution >= 0.6 is 0 Å². The lowest BCUT2D eigenvalue weighted by molar-refractivity contribution is 0.384. The molecule has 0 saturated heterocycles. The van der Waals surface area contributed by atoms with Gasteiger partial charge in [0.15, 0.2) is 0 Å². The molecule has 0 aromatic heterocycles. The van der Waals surface area contributed by atoms with Crippen LogP contribution in [0.15, 0.2) is 48.5 Å². The largest absolute Gasteiger partial charge is 0.497 e. The molecule has 0 radical (unpaired) electrons. The second-order valence-corrected chi connectivity index (χ2v) is 6.64. The average Bonchev–Trinajstić information content (AvgIpc) is 2.67. The summed E-state index contributed by atoms with van der Waals surface area (Å²) in [5, 5.41) is 0. The molecule has 124 valence electrons. The van der Waals surface area contributed by atoms with Crippen molar-refractivity contribution in [3.63, 3.8) is 0 Å². The highest BCUT2D eigenvalue weighted by Crippen LogP contribution is 2.35. The third-order valence-electron chi connectivity index (χ3n) is 5.10. The van der Waals surface area contributed by atoms with Crippen LogP contribution in [-0.2, 0) is 6.42 Å². The third kappa shape index (κ3) is 4.20. The molecule has 3 rings (SSSR count). The van der Waals surface area contributed by atoms with Gasteiger partial charge in [0.05, 0.1) is 7.11 Å². The summed E-state index contributed by atoms with van der Waals surface area (Å²) in [6, 6.07) is 17.2. The lowest BCUT2D eigenvalue weighted by atomic mass is 9.79. The molecular weight excluding hydrogens is 292 g/mol. The van der Waals surface area contributed by atoms with E-state index in [0.717, 1.165) is 23.7 Å². The Morgan fingerprint density at radius 3 is 2.17 bits per heavy atom. The molecule has 0 amide bonds. The highest BCUT2D eigenvalue weighted by molar-refractivity contribution is 5.38. The van der Waals surface area contributed by atoms with Gasteiger partial charge in [-0.2, -0.15) is 0 Å². The molecule has 0 aliphatic heterocycles. The number of benzene rings is 2. The zero-order valence-corrected chi connectivity index (χ0v) is 14.7. The highest BCUT2D eigenvalue weighted by Gasteiger charge is 2.21. The first-order chi connectivity index (χ1) is 11.8. The first-order valence-corrected chi connectivity index (χ1v) is 9.03. The summed E-state index contributed by atoms with van der Waals surface area (Å²) in [5.41, 5.74) is 4.01. The minimum absolute atomic E-state index is 0.540. The second kappa shape index (κ2) is 8.06. The molecule has 0 unspecified atom stereocenters. The Morgan fingerprint density at radius 2 is 1.58 bits per heavy atom. The van der Waals surface area contributed by atoms with Gasteiger partial charge in [0, 0.05) is 11.5 Å². The topological polar surface area (TPSA) is 9.23 Å². The van der Waals surface area contributed by atoms with Gasteiger partial charge in [-0.15, -0.1) is 0 Å². The van der Waals surface area contributed by atoms with Crippen molar-refractivity contribution in [3.8, 4) is 17.6 Å². The van der Waals surface area contributed by atoms with E-state index in [0.29, 0.717) is 5.92 Å². The molecule has 2 aromatic rings. The predicted octanol–water partition coefficient (Wildman–Crippen LogP) is 5.58. The van der Waals surface area contributed by atoms with Crippen LogP contribution < -0.4 is 4.74 Å². The van der Waals surface area contributed by atoms with E-state index >= 15 is 0 Å². The fourth-order valence-corrected chi connectivity index (χ4v) is 3.46. The Bertz CT molecular complexity index is 692. The molecule has 24 heavy (non-hydrogen) atoms. The number of aryl methyl sites for hydroxylation is 1. The number of rotatable bonds is 3. The van der Waals surface area contributed by atoms with Crippen LogP contribution in [-0.4, -0.2) is 7.11 Å². The smallest absolute Gasteiger partial charge is 0.118 e. The van der Waals surface area contributed by atoms with Crippen LogP contribution in [0.5, 0.6) is 5.75 Å². The molecule has 0 N–H and O–H groups in total. The van der Waals surface area contributed by atoms with E-state index in [1.807, 2.05) is 24.3 Å². The molecule has 1 aliphatic rings. The van der Waals surface area contributed by atoms with Gasteiger partial charge < -0.3 is 4.74 Å². The summed E-state index contributed by atoms with van der Waals surface area (Å²) in [5.74, 6) is 8.95. The van der Waals surface area contributed by atoms with Crippen molar-refractivity contribution >= 4 is 0 Å². The van der Waals surface area contributed by atoms with Crippen molar-refractivity contribution < 1.29 is 4.74 Å². The Labute approximate surface area is 146 Å². The van der Waals surface area contributed by atoms with Crippen LogP contribution in [0.25, 0.3) is 0 Å². The number of ether oxygens (including phenoxy) is 1. The maximum atomic E-state index is 5.18. The molecule has 0 spiro atoms. The molecule has 0 bridgehead atoms. The maximum absolute atomic E-state index is 5.18. The van der Waals surface area contributed by atoms with Crippen molar-refractivity contribution in [2.75, 3.05) is 7.11 Å². The van der Waals surface area contributed by atoms with Gasteiger partial charge in [0.1, 0.15) is 5.75 Å². The number of hydrogen-bond acceptors (Lipinski definition) is 1. The first kappa shape index (κ1) is 16.7. The SMILES string of the molecule is CCc1ccc([C@H]2CC[C@H](C#Cc3ccc(OC)cc3)CC2)cc1. The normalized spacial score (nSPS) is 20.1. The molecule has 0 atom stereocenters. The molecule has 1 fully saturated rings. The van der Waals surface area contributed by atoms with Crippen molar-refractivity contribution in [1.29, 1.82) is 0 Å². The lowest BCUT2D eigenvalue weighted by Crippen LogP contribution is -2.12. The second-order valence-electron chi connectivity index (χ2n) is 6.64. The fraction of sp³-hybridized carbons (Fsp3) is 0.391. The molecule has 0 heterocycles. The van der Waals surface area contributed by atoms with Crippen LogP contribution in [0, 0.1) is 17.8 Å². The first-order valence-electron chi connectivity index (χ1n) is 9.03. The summed E-state index contributed by atoms with van der Waals surface area (Å²) in [6.07, 6.45) is 6.06. The quantitative estimate of drug-likeness (QED) is 0.671. The van der Waals surface area contributed by atoms with E-state index in [1.165, 1.54) is 36.8 Å². The van der Waals surface area contributed by atoms with Gasteiger partial charge in [-0.25, -0.2) is 0 Å². The average molecular weight is 318 g/mol. The zero-order valence-electron chi connectivity index (χ0n) is 14.7. The Hall–Kier alpha value is -2.20. The van der Waals surface area contributed by atoms with Crippen molar-refractivity contribution in [2.45, 2.75) is 44.9 Å². The number of hydrogen-bond donors (Lipinski definition) is 0. The van der Waals surface area contributed by atoms with E-state index < -0.39 is 0 Å². The lowest BCUT2D eigenvalue weighted by Gasteiger charge is -2.26. The molecule has 1 heteroatoms. The van der Waals surface area contributed by atoms with E-state index in [2.05, 4.69) is 43.0 Å². The third-order valence-corrected chi connectivity index (χ3v) is 5.10. The van der Waals surface area contributed by atoms with Crippen molar-refractivity contribution in [3.05, 3.63) is 65.2 Å². The van der Waals surface area contributed by atoms with Gasteiger partial charge in [-0.05, 0) is 73.4 Å². The zero-order chi connectivity index (χ0) is 16.8. The summed E-state index contributed by atoms with van der Waals surface area (Å²) < 4.78 is 5.18. The van der Waals surface area contributed by atoms with Crippen LogP contribution in [0.1, 0.15) is 55.2 Å². The minimum atomic E-state index is 0.540. The fourth-order valence-electron chi connectivity index (χ4n) is 3.46. The Kier molecular flexibility index (Phi) is 5.59. The van der Waals surface area contributed by atoms with Gasteiger partial charge in [-0.3, -0.25) is 0 Å². The van der Waals surface area contributed by atoms with Crippen molar-refractivity contribution in [1.82, 2.24) is 0 Å².